The van der Waals surface area contributed by atoms with Crippen LogP contribution in [-0.4, -0.2) is 60.2 Å². The monoisotopic (exact) mass is 512 g/mol. The molecule has 0 saturated carbocycles. The number of nitrogens with zero attached hydrogens (tertiary/aromatic N) is 6. The second-order valence-corrected chi connectivity index (χ2v) is 9.45. The van der Waals surface area contributed by atoms with E-state index >= 15 is 0 Å². The zero-order valence-corrected chi connectivity index (χ0v) is 22.4. The van der Waals surface area contributed by atoms with E-state index in [9.17, 15) is 4.79 Å². The molecule has 1 saturated heterocycles. The van der Waals surface area contributed by atoms with Crippen molar-refractivity contribution in [2.75, 3.05) is 59.7 Å². The van der Waals surface area contributed by atoms with Crippen molar-refractivity contribution in [1.82, 2.24) is 14.9 Å². The Kier molecular flexibility index (Phi) is 8.98. The Morgan fingerprint density at radius 3 is 2.21 bits per heavy atom. The normalized spacial score (nSPS) is 13.1. The summed E-state index contributed by atoms with van der Waals surface area (Å²) in [5.41, 5.74) is 4.41. The van der Waals surface area contributed by atoms with Crippen LogP contribution in [0.25, 0.3) is 0 Å². The Morgan fingerprint density at radius 1 is 0.974 bits per heavy atom. The van der Waals surface area contributed by atoms with E-state index in [1.54, 1.807) is 29.2 Å². The van der Waals surface area contributed by atoms with Crippen molar-refractivity contribution in [3.63, 3.8) is 0 Å². The summed E-state index contributed by atoms with van der Waals surface area (Å²) in [6.45, 7) is 11.0. The quantitative estimate of drug-likeness (QED) is 0.397. The second-order valence-electron chi connectivity index (χ2n) is 9.45. The SMILES string of the molecule is CCCN(CCC)c1ccc(Nc2ncc(C)c(N3CCN(C(=O)Nc4ccc(C#N)cc4)CC3)n2)cc1. The van der Waals surface area contributed by atoms with Gasteiger partial charge in [0.05, 0.1) is 11.6 Å². The van der Waals surface area contributed by atoms with Crippen molar-refractivity contribution in [3.05, 3.63) is 65.9 Å². The lowest BCUT2D eigenvalue weighted by Gasteiger charge is -2.36. The summed E-state index contributed by atoms with van der Waals surface area (Å²) in [4.78, 5) is 28.4. The first-order chi connectivity index (χ1) is 18.5. The third kappa shape index (κ3) is 6.71. The zero-order chi connectivity index (χ0) is 26.9. The number of anilines is 5. The average Bonchev–Trinajstić information content (AvgIpc) is 2.95. The predicted octanol–water partition coefficient (Wildman–Crippen LogP) is 5.38. The first-order valence-corrected chi connectivity index (χ1v) is 13.3. The number of hydrogen-bond acceptors (Lipinski definition) is 7. The average molecular weight is 513 g/mol. The molecule has 1 aromatic heterocycles. The molecule has 2 N–H and O–H groups in total. The minimum Gasteiger partial charge on any atom is -0.372 e. The first-order valence-electron chi connectivity index (χ1n) is 13.3. The molecule has 0 bridgehead atoms. The molecule has 198 valence electrons. The van der Waals surface area contributed by atoms with Gasteiger partial charge in [0.15, 0.2) is 0 Å². The van der Waals surface area contributed by atoms with Gasteiger partial charge in [-0.15, -0.1) is 0 Å². The van der Waals surface area contributed by atoms with Gasteiger partial charge >= 0.3 is 6.03 Å². The lowest BCUT2D eigenvalue weighted by atomic mass is 10.2. The smallest absolute Gasteiger partial charge is 0.321 e. The van der Waals surface area contributed by atoms with E-state index in [0.717, 1.165) is 43.0 Å². The van der Waals surface area contributed by atoms with E-state index < -0.39 is 0 Å². The highest BCUT2D eigenvalue weighted by Crippen LogP contribution is 2.24. The molecule has 2 aromatic carbocycles. The Morgan fingerprint density at radius 2 is 1.61 bits per heavy atom. The fourth-order valence-electron chi connectivity index (χ4n) is 4.56. The lowest BCUT2D eigenvalue weighted by molar-refractivity contribution is 0.208. The van der Waals surface area contributed by atoms with E-state index in [1.807, 2.05) is 13.1 Å². The van der Waals surface area contributed by atoms with Gasteiger partial charge in [-0.3, -0.25) is 0 Å². The molecule has 0 unspecified atom stereocenters. The summed E-state index contributed by atoms with van der Waals surface area (Å²) in [5, 5.41) is 15.2. The highest BCUT2D eigenvalue weighted by molar-refractivity contribution is 5.89. The maximum atomic E-state index is 12.7. The van der Waals surface area contributed by atoms with Gasteiger partial charge < -0.3 is 25.3 Å². The van der Waals surface area contributed by atoms with Crippen molar-refractivity contribution in [2.24, 2.45) is 0 Å². The molecule has 3 aromatic rings. The summed E-state index contributed by atoms with van der Waals surface area (Å²) in [6, 6.07) is 17.2. The number of urea groups is 1. The number of nitrogens with one attached hydrogen (secondary N) is 2. The number of aromatic nitrogens is 2. The maximum Gasteiger partial charge on any atom is 0.321 e. The van der Waals surface area contributed by atoms with Crippen LogP contribution in [0, 0.1) is 18.3 Å². The predicted molar refractivity (Wildman–Crippen MR) is 153 cm³/mol. The van der Waals surface area contributed by atoms with Crippen LogP contribution in [0.2, 0.25) is 0 Å². The third-order valence-corrected chi connectivity index (χ3v) is 6.55. The van der Waals surface area contributed by atoms with Crippen molar-refractivity contribution in [1.29, 1.82) is 5.26 Å². The van der Waals surface area contributed by atoms with E-state index in [4.69, 9.17) is 10.2 Å². The number of amides is 2. The molecule has 0 radical (unpaired) electrons. The number of carbonyl (C=O) groups is 1. The van der Waals surface area contributed by atoms with Crippen molar-refractivity contribution in [2.45, 2.75) is 33.6 Å². The van der Waals surface area contributed by atoms with E-state index in [0.29, 0.717) is 43.4 Å². The van der Waals surface area contributed by atoms with Crippen LogP contribution in [0.4, 0.5) is 33.6 Å². The van der Waals surface area contributed by atoms with Crippen LogP contribution < -0.4 is 20.4 Å². The number of aryl methyl sites for hydroxylation is 1. The molecule has 38 heavy (non-hydrogen) atoms. The number of carbonyl (C=O) groups excluding carboxylic acids is 1. The molecule has 1 fully saturated rings. The second kappa shape index (κ2) is 12.8. The highest BCUT2D eigenvalue weighted by atomic mass is 16.2. The van der Waals surface area contributed by atoms with Gasteiger partial charge in [-0.2, -0.15) is 10.2 Å². The fourth-order valence-corrected chi connectivity index (χ4v) is 4.56. The van der Waals surface area contributed by atoms with E-state index in [-0.39, 0.29) is 6.03 Å². The number of rotatable bonds is 9. The van der Waals surface area contributed by atoms with Crippen molar-refractivity contribution < 1.29 is 4.79 Å². The van der Waals surface area contributed by atoms with Crippen LogP contribution in [-0.2, 0) is 0 Å². The molecule has 2 amide bonds. The molecule has 0 aliphatic carbocycles. The molecule has 4 rings (SSSR count). The number of hydrogen-bond donors (Lipinski definition) is 2. The minimum absolute atomic E-state index is 0.143. The maximum absolute atomic E-state index is 12.7. The van der Waals surface area contributed by atoms with Gasteiger partial charge in [0, 0.05) is 68.1 Å². The standard InChI is InChI=1S/C29H36N8O/c1-4-14-35(15-5-2)26-12-10-24(11-13-26)32-28-31-21-22(3)27(34-28)36-16-18-37(19-17-36)29(38)33-25-8-6-23(20-30)7-9-25/h6-13,21H,4-5,14-19H2,1-3H3,(H,33,38)(H,31,32,34). The first kappa shape index (κ1) is 26.7. The summed E-state index contributed by atoms with van der Waals surface area (Å²) >= 11 is 0. The molecule has 9 nitrogen and oxygen atoms in total. The molecule has 1 aliphatic heterocycles. The van der Waals surface area contributed by atoms with Crippen molar-refractivity contribution in [3.8, 4) is 6.07 Å². The Labute approximate surface area is 225 Å². The van der Waals surface area contributed by atoms with Crippen LogP contribution in [0.3, 0.4) is 0 Å². The summed E-state index contributed by atoms with van der Waals surface area (Å²) in [5.74, 6) is 1.43. The largest absolute Gasteiger partial charge is 0.372 e. The molecule has 0 spiro atoms. The summed E-state index contributed by atoms with van der Waals surface area (Å²) in [6.07, 6.45) is 4.08. The van der Waals surface area contributed by atoms with E-state index in [1.165, 1.54) is 5.69 Å². The number of benzene rings is 2. The van der Waals surface area contributed by atoms with Crippen LogP contribution in [0.15, 0.2) is 54.7 Å². The Balaban J connectivity index is 1.35. The Hall–Kier alpha value is -4.32. The molecule has 0 atom stereocenters. The van der Waals surface area contributed by atoms with Crippen LogP contribution in [0.5, 0.6) is 0 Å². The summed E-state index contributed by atoms with van der Waals surface area (Å²) in [7, 11) is 0. The van der Waals surface area contributed by atoms with Crippen LogP contribution in [0.1, 0.15) is 37.8 Å². The summed E-state index contributed by atoms with van der Waals surface area (Å²) < 4.78 is 0. The Bertz CT molecular complexity index is 1240. The molecule has 2 heterocycles. The molecular weight excluding hydrogens is 476 g/mol. The van der Waals surface area contributed by atoms with Gasteiger partial charge in [-0.1, -0.05) is 13.8 Å². The van der Waals surface area contributed by atoms with Gasteiger partial charge in [0.1, 0.15) is 5.82 Å². The topological polar surface area (TPSA) is 100 Å². The molecule has 1 aliphatic rings. The van der Waals surface area contributed by atoms with Gasteiger partial charge in [0.2, 0.25) is 5.95 Å². The lowest BCUT2D eigenvalue weighted by Crippen LogP contribution is -2.50. The van der Waals surface area contributed by atoms with E-state index in [2.05, 4.69) is 69.6 Å². The number of nitriles is 1. The molecule has 9 heteroatoms. The van der Waals surface area contributed by atoms with Gasteiger partial charge in [0.25, 0.3) is 0 Å². The van der Waals surface area contributed by atoms with Crippen molar-refractivity contribution >= 4 is 34.9 Å². The van der Waals surface area contributed by atoms with Crippen LogP contribution >= 0.6 is 0 Å². The minimum atomic E-state index is -0.143. The zero-order valence-electron chi connectivity index (χ0n) is 22.4. The number of piperazine rings is 1. The van der Waals surface area contributed by atoms with Gasteiger partial charge in [-0.05, 0) is 68.3 Å². The molecular formula is C29H36N8O. The van der Waals surface area contributed by atoms with Gasteiger partial charge in [-0.25, -0.2) is 9.78 Å². The third-order valence-electron chi connectivity index (χ3n) is 6.55. The highest BCUT2D eigenvalue weighted by Gasteiger charge is 2.23. The fraction of sp³-hybridized carbons (Fsp3) is 0.379.